The van der Waals surface area contributed by atoms with Crippen LogP contribution in [0.2, 0.25) is 0 Å². The summed E-state index contributed by atoms with van der Waals surface area (Å²) in [5, 5.41) is 9.93. The fourth-order valence-electron chi connectivity index (χ4n) is 2.61. The third-order valence-corrected chi connectivity index (χ3v) is 3.56. The quantitative estimate of drug-likeness (QED) is 0.672. The van der Waals surface area contributed by atoms with Gasteiger partial charge in [0, 0.05) is 0 Å². The van der Waals surface area contributed by atoms with E-state index in [2.05, 4.69) is 6.92 Å². The average Bonchev–Trinajstić information content (AvgIpc) is 2.85. The van der Waals surface area contributed by atoms with E-state index in [0.717, 1.165) is 5.92 Å². The summed E-state index contributed by atoms with van der Waals surface area (Å²) in [6.45, 7) is 2.33. The minimum atomic E-state index is 0.0488. The Hall–Kier alpha value is -0.0400. The number of rotatable bonds is 2. The van der Waals surface area contributed by atoms with Crippen LogP contribution in [0.1, 0.15) is 45.4 Å². The number of hydrogen-bond donors (Lipinski definition) is 1. The molecule has 2 rings (SSSR count). The molecule has 0 spiro atoms. The summed E-state index contributed by atoms with van der Waals surface area (Å²) >= 11 is 0. The second kappa shape index (κ2) is 3.37. The molecule has 0 saturated heterocycles. The summed E-state index contributed by atoms with van der Waals surface area (Å²) in [6, 6.07) is 0. The van der Waals surface area contributed by atoms with E-state index in [1.54, 1.807) is 0 Å². The van der Waals surface area contributed by atoms with Crippen LogP contribution in [-0.4, -0.2) is 11.2 Å². The molecule has 70 valence electrons. The second-order valence-corrected chi connectivity index (χ2v) is 4.86. The van der Waals surface area contributed by atoms with Gasteiger partial charge < -0.3 is 5.11 Å². The van der Waals surface area contributed by atoms with E-state index in [0.29, 0.717) is 11.8 Å². The van der Waals surface area contributed by atoms with Crippen LogP contribution < -0.4 is 0 Å². The Morgan fingerprint density at radius 2 is 1.83 bits per heavy atom. The Morgan fingerprint density at radius 3 is 2.42 bits per heavy atom. The highest BCUT2D eigenvalue weighted by Gasteiger charge is 2.36. The molecule has 0 aromatic carbocycles. The van der Waals surface area contributed by atoms with Crippen LogP contribution in [0.4, 0.5) is 0 Å². The number of aliphatic hydroxyl groups excluding tert-OH is 1. The van der Waals surface area contributed by atoms with Crippen LogP contribution >= 0.6 is 0 Å². The zero-order valence-corrected chi connectivity index (χ0v) is 8.00. The van der Waals surface area contributed by atoms with Gasteiger partial charge >= 0.3 is 0 Å². The van der Waals surface area contributed by atoms with E-state index in [9.17, 15) is 5.11 Å². The van der Waals surface area contributed by atoms with Gasteiger partial charge in [-0.15, -0.1) is 0 Å². The van der Waals surface area contributed by atoms with Gasteiger partial charge in [0.2, 0.25) is 0 Å². The van der Waals surface area contributed by atoms with Gasteiger partial charge in [0.25, 0.3) is 0 Å². The van der Waals surface area contributed by atoms with Gasteiger partial charge in [-0.3, -0.25) is 0 Å². The van der Waals surface area contributed by atoms with Crippen molar-refractivity contribution in [3.8, 4) is 0 Å². The second-order valence-electron chi connectivity index (χ2n) is 4.86. The zero-order valence-electron chi connectivity index (χ0n) is 8.00. The third kappa shape index (κ3) is 1.82. The SMILES string of the molecule is CC1CCCC(C(O)C2CC2)C1. The monoisotopic (exact) mass is 168 g/mol. The molecule has 0 bridgehead atoms. The number of hydrogen-bond acceptors (Lipinski definition) is 1. The van der Waals surface area contributed by atoms with E-state index in [1.165, 1.54) is 38.5 Å². The number of aliphatic hydroxyl groups is 1. The average molecular weight is 168 g/mol. The predicted molar refractivity (Wildman–Crippen MR) is 49.9 cm³/mol. The molecule has 0 aromatic rings. The lowest BCUT2D eigenvalue weighted by atomic mass is 9.78. The molecule has 0 radical (unpaired) electrons. The lowest BCUT2D eigenvalue weighted by molar-refractivity contribution is 0.0544. The van der Waals surface area contributed by atoms with Crippen LogP contribution in [0, 0.1) is 17.8 Å². The summed E-state index contributed by atoms with van der Waals surface area (Å²) in [7, 11) is 0. The van der Waals surface area contributed by atoms with E-state index in [4.69, 9.17) is 0 Å². The maximum atomic E-state index is 9.93. The van der Waals surface area contributed by atoms with E-state index in [1.807, 2.05) is 0 Å². The van der Waals surface area contributed by atoms with E-state index in [-0.39, 0.29) is 6.10 Å². The normalized spacial score (nSPS) is 39.5. The Balaban J connectivity index is 1.84. The molecule has 3 atom stereocenters. The summed E-state index contributed by atoms with van der Waals surface area (Å²) in [4.78, 5) is 0. The van der Waals surface area contributed by atoms with Gasteiger partial charge in [0.05, 0.1) is 6.10 Å². The van der Waals surface area contributed by atoms with Gasteiger partial charge in [-0.25, -0.2) is 0 Å². The summed E-state index contributed by atoms with van der Waals surface area (Å²) < 4.78 is 0. The van der Waals surface area contributed by atoms with Crippen molar-refractivity contribution in [2.45, 2.75) is 51.6 Å². The molecule has 0 amide bonds. The first kappa shape index (κ1) is 8.55. The standard InChI is InChI=1S/C11H20O/c1-8-3-2-4-10(7-8)11(12)9-5-6-9/h8-12H,2-7H2,1H3. The first-order chi connectivity index (χ1) is 5.77. The van der Waals surface area contributed by atoms with Gasteiger partial charge in [-0.1, -0.05) is 19.8 Å². The summed E-state index contributed by atoms with van der Waals surface area (Å²) in [6.07, 6.45) is 7.90. The molecule has 2 fully saturated rings. The van der Waals surface area contributed by atoms with Crippen LogP contribution in [0.5, 0.6) is 0 Å². The molecule has 12 heavy (non-hydrogen) atoms. The van der Waals surface area contributed by atoms with Crippen molar-refractivity contribution in [1.82, 2.24) is 0 Å². The van der Waals surface area contributed by atoms with Crippen molar-refractivity contribution in [3.05, 3.63) is 0 Å². The van der Waals surface area contributed by atoms with Crippen LogP contribution in [0.3, 0.4) is 0 Å². The molecule has 3 unspecified atom stereocenters. The first-order valence-electron chi connectivity index (χ1n) is 5.45. The highest BCUT2D eigenvalue weighted by molar-refractivity contribution is 4.87. The first-order valence-corrected chi connectivity index (χ1v) is 5.45. The molecule has 0 aromatic heterocycles. The van der Waals surface area contributed by atoms with Gasteiger partial charge in [0.15, 0.2) is 0 Å². The van der Waals surface area contributed by atoms with Gasteiger partial charge in [0.1, 0.15) is 0 Å². The van der Waals surface area contributed by atoms with Crippen molar-refractivity contribution in [3.63, 3.8) is 0 Å². The van der Waals surface area contributed by atoms with Gasteiger partial charge in [-0.05, 0) is 43.4 Å². The zero-order chi connectivity index (χ0) is 8.55. The topological polar surface area (TPSA) is 20.2 Å². The minimum Gasteiger partial charge on any atom is -0.393 e. The van der Waals surface area contributed by atoms with E-state index >= 15 is 0 Å². The highest BCUT2D eigenvalue weighted by Crippen LogP contribution is 2.41. The largest absolute Gasteiger partial charge is 0.393 e. The smallest absolute Gasteiger partial charge is 0.0596 e. The molecular weight excluding hydrogens is 148 g/mol. The Kier molecular flexibility index (Phi) is 2.40. The molecule has 2 saturated carbocycles. The Bertz CT molecular complexity index is 151. The predicted octanol–water partition coefficient (Wildman–Crippen LogP) is 2.58. The molecule has 2 aliphatic carbocycles. The minimum absolute atomic E-state index is 0.0488. The molecule has 0 heterocycles. The molecule has 2 aliphatic rings. The fraction of sp³-hybridized carbons (Fsp3) is 1.00. The molecule has 0 aliphatic heterocycles. The van der Waals surface area contributed by atoms with Crippen LogP contribution in [-0.2, 0) is 0 Å². The van der Waals surface area contributed by atoms with Crippen molar-refractivity contribution >= 4 is 0 Å². The lowest BCUT2D eigenvalue weighted by Gasteiger charge is -2.30. The molecule has 1 nitrogen and oxygen atoms in total. The third-order valence-electron chi connectivity index (χ3n) is 3.56. The Labute approximate surface area is 75.2 Å². The van der Waals surface area contributed by atoms with Crippen molar-refractivity contribution in [1.29, 1.82) is 0 Å². The van der Waals surface area contributed by atoms with E-state index < -0.39 is 0 Å². The summed E-state index contributed by atoms with van der Waals surface area (Å²) in [5.41, 5.74) is 0. The van der Waals surface area contributed by atoms with Gasteiger partial charge in [-0.2, -0.15) is 0 Å². The highest BCUT2D eigenvalue weighted by atomic mass is 16.3. The summed E-state index contributed by atoms with van der Waals surface area (Å²) in [5.74, 6) is 2.18. The van der Waals surface area contributed by atoms with Crippen LogP contribution in [0.15, 0.2) is 0 Å². The Morgan fingerprint density at radius 1 is 1.08 bits per heavy atom. The molecular formula is C11H20O. The molecule has 1 heteroatoms. The maximum Gasteiger partial charge on any atom is 0.0596 e. The lowest BCUT2D eigenvalue weighted by Crippen LogP contribution is -2.27. The van der Waals surface area contributed by atoms with Crippen molar-refractivity contribution in [2.75, 3.05) is 0 Å². The van der Waals surface area contributed by atoms with Crippen molar-refractivity contribution in [2.24, 2.45) is 17.8 Å². The van der Waals surface area contributed by atoms with Crippen molar-refractivity contribution < 1.29 is 5.11 Å². The molecule has 1 N–H and O–H groups in total. The fourth-order valence-corrected chi connectivity index (χ4v) is 2.61. The maximum absolute atomic E-state index is 9.93. The van der Waals surface area contributed by atoms with Crippen LogP contribution in [0.25, 0.3) is 0 Å².